The molecule has 2 aromatic rings. The molecule has 0 heterocycles. The van der Waals surface area contributed by atoms with Crippen LogP contribution in [0.25, 0.3) is 0 Å². The van der Waals surface area contributed by atoms with Crippen molar-refractivity contribution in [3.05, 3.63) is 71.5 Å². The zero-order valence-corrected chi connectivity index (χ0v) is 14.1. The van der Waals surface area contributed by atoms with Crippen molar-refractivity contribution in [1.82, 2.24) is 5.32 Å². The van der Waals surface area contributed by atoms with Gasteiger partial charge in [-0.3, -0.25) is 4.79 Å². The summed E-state index contributed by atoms with van der Waals surface area (Å²) in [6.45, 7) is 4.20. The Morgan fingerprint density at radius 2 is 1.67 bits per heavy atom. The van der Waals surface area contributed by atoms with Crippen LogP contribution >= 0.6 is 0 Å². The second kappa shape index (κ2) is 8.06. The molecule has 0 aliphatic carbocycles. The van der Waals surface area contributed by atoms with Crippen LogP contribution in [-0.2, 0) is 4.79 Å². The van der Waals surface area contributed by atoms with E-state index >= 15 is 0 Å². The van der Waals surface area contributed by atoms with E-state index in [1.165, 1.54) is 12.1 Å². The summed E-state index contributed by atoms with van der Waals surface area (Å²) in [4.78, 5) is 12.4. The Morgan fingerprint density at radius 3 is 2.25 bits per heavy atom. The Balaban J connectivity index is 2.15. The van der Waals surface area contributed by atoms with E-state index in [-0.39, 0.29) is 36.1 Å². The molecule has 0 spiro atoms. The highest BCUT2D eigenvalue weighted by molar-refractivity contribution is 5.77. The first kappa shape index (κ1) is 18.1. The van der Waals surface area contributed by atoms with Crippen molar-refractivity contribution in [3.8, 4) is 0 Å². The number of halogens is 1. The molecule has 2 aromatic carbocycles. The minimum atomic E-state index is -0.353. The number of hydrogen-bond acceptors (Lipinski definition) is 2. The predicted octanol–water partition coefficient (Wildman–Crippen LogP) is 3.48. The molecule has 0 bridgehead atoms. The van der Waals surface area contributed by atoms with Gasteiger partial charge >= 0.3 is 0 Å². The maximum absolute atomic E-state index is 13.2. The number of aliphatic hydroxyl groups excluding tert-OH is 1. The number of rotatable bonds is 7. The van der Waals surface area contributed by atoms with Gasteiger partial charge in [-0.1, -0.05) is 56.3 Å². The molecule has 0 aliphatic rings. The van der Waals surface area contributed by atoms with Crippen molar-refractivity contribution in [1.29, 1.82) is 0 Å². The Morgan fingerprint density at radius 1 is 1.08 bits per heavy atom. The highest BCUT2D eigenvalue weighted by Crippen LogP contribution is 2.28. The molecular formula is C20H24FNO2. The van der Waals surface area contributed by atoms with E-state index in [9.17, 15) is 14.3 Å². The number of aliphatic hydroxyl groups is 1. The molecule has 1 unspecified atom stereocenters. The van der Waals surface area contributed by atoms with Crippen LogP contribution in [0.1, 0.15) is 37.3 Å². The van der Waals surface area contributed by atoms with Crippen molar-refractivity contribution < 1.29 is 14.3 Å². The molecular weight excluding hydrogens is 305 g/mol. The van der Waals surface area contributed by atoms with Crippen LogP contribution in [0, 0.1) is 11.2 Å². The molecule has 0 radical (unpaired) electrons. The van der Waals surface area contributed by atoms with Gasteiger partial charge in [0.1, 0.15) is 5.82 Å². The molecule has 4 heteroatoms. The van der Waals surface area contributed by atoms with Crippen LogP contribution in [0.3, 0.4) is 0 Å². The summed E-state index contributed by atoms with van der Waals surface area (Å²) in [5.74, 6) is -0.515. The lowest BCUT2D eigenvalue weighted by molar-refractivity contribution is -0.121. The van der Waals surface area contributed by atoms with Gasteiger partial charge in [-0.15, -0.1) is 0 Å². The maximum Gasteiger partial charge on any atom is 0.220 e. The minimum absolute atomic E-state index is 0.00730. The van der Waals surface area contributed by atoms with Gasteiger partial charge in [0.15, 0.2) is 0 Å². The summed E-state index contributed by atoms with van der Waals surface area (Å²) in [6.07, 6.45) is 0.275. The zero-order chi connectivity index (χ0) is 17.6. The summed E-state index contributed by atoms with van der Waals surface area (Å²) in [5, 5.41) is 12.2. The van der Waals surface area contributed by atoms with Crippen LogP contribution in [0.2, 0.25) is 0 Å². The number of carbonyl (C=O) groups excluding carboxylic acids is 1. The highest BCUT2D eigenvalue weighted by Gasteiger charge is 2.21. The average Bonchev–Trinajstić information content (AvgIpc) is 2.60. The van der Waals surface area contributed by atoms with Crippen LogP contribution in [-0.4, -0.2) is 24.2 Å². The molecule has 0 aliphatic heterocycles. The van der Waals surface area contributed by atoms with Gasteiger partial charge in [-0.25, -0.2) is 4.39 Å². The number of hydrogen-bond donors (Lipinski definition) is 2. The Hall–Kier alpha value is -2.20. The number of benzene rings is 2. The summed E-state index contributed by atoms with van der Waals surface area (Å²) < 4.78 is 13.2. The number of amides is 1. The van der Waals surface area contributed by atoms with Crippen molar-refractivity contribution in [2.45, 2.75) is 26.2 Å². The molecule has 0 saturated carbocycles. The number of carbonyl (C=O) groups is 1. The first-order valence-corrected chi connectivity index (χ1v) is 8.09. The molecule has 0 aromatic heterocycles. The standard InChI is InChI=1S/C20H24FNO2/c1-20(2,14-23)13-22-19(24)12-18(15-6-4-3-5-7-15)16-8-10-17(21)11-9-16/h3-11,18,23H,12-14H2,1-2H3,(H,22,24). The van der Waals surface area contributed by atoms with E-state index in [1.54, 1.807) is 12.1 Å². The molecule has 0 fully saturated rings. The van der Waals surface area contributed by atoms with Crippen LogP contribution < -0.4 is 5.32 Å². The number of nitrogens with one attached hydrogen (secondary N) is 1. The van der Waals surface area contributed by atoms with E-state index in [0.717, 1.165) is 11.1 Å². The first-order valence-electron chi connectivity index (χ1n) is 8.09. The SMILES string of the molecule is CC(C)(CO)CNC(=O)CC(c1ccccc1)c1ccc(F)cc1. The summed E-state index contributed by atoms with van der Waals surface area (Å²) in [7, 11) is 0. The van der Waals surface area contributed by atoms with Gasteiger partial charge in [0, 0.05) is 30.9 Å². The van der Waals surface area contributed by atoms with Gasteiger partial charge in [0.2, 0.25) is 5.91 Å². The smallest absolute Gasteiger partial charge is 0.220 e. The fourth-order valence-electron chi connectivity index (χ4n) is 2.46. The van der Waals surface area contributed by atoms with Crippen molar-refractivity contribution in [3.63, 3.8) is 0 Å². The topological polar surface area (TPSA) is 49.3 Å². The van der Waals surface area contributed by atoms with E-state index in [4.69, 9.17) is 0 Å². The van der Waals surface area contributed by atoms with E-state index in [0.29, 0.717) is 6.54 Å². The fourth-order valence-corrected chi connectivity index (χ4v) is 2.46. The normalized spacial score (nSPS) is 12.7. The molecule has 2 N–H and O–H groups in total. The third-order valence-electron chi connectivity index (χ3n) is 4.06. The summed E-state index contributed by atoms with van der Waals surface area (Å²) in [5.41, 5.74) is 1.56. The molecule has 24 heavy (non-hydrogen) atoms. The lowest BCUT2D eigenvalue weighted by Gasteiger charge is -2.23. The van der Waals surface area contributed by atoms with E-state index in [2.05, 4.69) is 5.32 Å². The average molecular weight is 329 g/mol. The van der Waals surface area contributed by atoms with Crippen molar-refractivity contribution in [2.24, 2.45) is 5.41 Å². The lowest BCUT2D eigenvalue weighted by atomic mass is 9.88. The van der Waals surface area contributed by atoms with Crippen molar-refractivity contribution >= 4 is 5.91 Å². The van der Waals surface area contributed by atoms with Crippen LogP contribution in [0.5, 0.6) is 0 Å². The highest BCUT2D eigenvalue weighted by atomic mass is 19.1. The summed E-state index contributed by atoms with van der Waals surface area (Å²) >= 11 is 0. The molecule has 128 valence electrons. The molecule has 1 amide bonds. The molecule has 0 saturated heterocycles. The van der Waals surface area contributed by atoms with Gasteiger partial charge < -0.3 is 10.4 Å². The Bertz CT molecular complexity index is 653. The maximum atomic E-state index is 13.2. The quantitative estimate of drug-likeness (QED) is 0.817. The Labute approximate surface area is 142 Å². The van der Waals surface area contributed by atoms with Crippen LogP contribution in [0.15, 0.2) is 54.6 Å². The molecule has 3 nitrogen and oxygen atoms in total. The second-order valence-electron chi connectivity index (χ2n) is 6.82. The zero-order valence-electron chi connectivity index (χ0n) is 14.1. The lowest BCUT2D eigenvalue weighted by Crippen LogP contribution is -2.36. The molecule has 2 rings (SSSR count). The van der Waals surface area contributed by atoms with Crippen LogP contribution in [0.4, 0.5) is 4.39 Å². The Kier molecular flexibility index (Phi) is 6.10. The monoisotopic (exact) mass is 329 g/mol. The van der Waals surface area contributed by atoms with Gasteiger partial charge in [-0.2, -0.15) is 0 Å². The van der Waals surface area contributed by atoms with Crippen molar-refractivity contribution in [2.75, 3.05) is 13.2 Å². The first-order chi connectivity index (χ1) is 11.4. The van der Waals surface area contributed by atoms with Gasteiger partial charge in [-0.05, 0) is 23.3 Å². The van der Waals surface area contributed by atoms with Gasteiger partial charge in [0.25, 0.3) is 0 Å². The largest absolute Gasteiger partial charge is 0.396 e. The third-order valence-corrected chi connectivity index (χ3v) is 4.06. The fraction of sp³-hybridized carbons (Fsp3) is 0.350. The summed E-state index contributed by atoms with van der Waals surface area (Å²) in [6, 6.07) is 16.0. The predicted molar refractivity (Wildman–Crippen MR) is 93.2 cm³/mol. The minimum Gasteiger partial charge on any atom is -0.396 e. The van der Waals surface area contributed by atoms with Gasteiger partial charge in [0.05, 0.1) is 0 Å². The second-order valence-corrected chi connectivity index (χ2v) is 6.82. The van der Waals surface area contributed by atoms with E-state index < -0.39 is 0 Å². The molecule has 1 atom stereocenters. The van der Waals surface area contributed by atoms with E-state index in [1.807, 2.05) is 44.2 Å². The third kappa shape index (κ3) is 5.17.